The van der Waals surface area contributed by atoms with E-state index in [1.807, 2.05) is 22.9 Å². The van der Waals surface area contributed by atoms with E-state index in [0.29, 0.717) is 32.6 Å². The van der Waals surface area contributed by atoms with Gasteiger partial charge in [-0.2, -0.15) is 8.78 Å². The van der Waals surface area contributed by atoms with Gasteiger partial charge in [0.15, 0.2) is 0 Å². The van der Waals surface area contributed by atoms with Crippen LogP contribution in [0.4, 0.5) is 14.5 Å². The van der Waals surface area contributed by atoms with Crippen LogP contribution in [-0.2, 0) is 11.3 Å². The number of nitrogens with one attached hydrogen (secondary N) is 1. The van der Waals surface area contributed by atoms with Crippen LogP contribution in [0.1, 0.15) is 0 Å². The van der Waals surface area contributed by atoms with Crippen molar-refractivity contribution in [2.24, 2.45) is 0 Å². The van der Waals surface area contributed by atoms with Crippen molar-refractivity contribution in [1.82, 2.24) is 9.55 Å². The quantitative estimate of drug-likeness (QED) is 0.414. The fraction of sp³-hybridized carbons (Fsp3) is 0.105. The maximum atomic E-state index is 12.9. The lowest BCUT2D eigenvalue weighted by atomic mass is 10.2. The Labute approximate surface area is 176 Å². The molecule has 0 unspecified atom stereocenters. The molecule has 3 aromatic heterocycles. The molecular weight excluding hydrogens is 436 g/mol. The molecule has 0 fully saturated rings. The summed E-state index contributed by atoms with van der Waals surface area (Å²) in [6, 6.07) is 9.94. The summed E-state index contributed by atoms with van der Waals surface area (Å²) in [5.41, 5.74) is 1.00. The van der Waals surface area contributed by atoms with Crippen molar-refractivity contribution in [3.05, 3.63) is 63.8 Å². The maximum absolute atomic E-state index is 12.9. The number of aromatic nitrogens is 2. The lowest BCUT2D eigenvalue weighted by Crippen LogP contribution is -2.27. The van der Waals surface area contributed by atoms with Gasteiger partial charge in [0.25, 0.3) is 11.3 Å². The molecular formula is C19H13F2N3O2S3. The Kier molecular flexibility index (Phi) is 5.74. The van der Waals surface area contributed by atoms with Gasteiger partial charge in [-0.1, -0.05) is 17.8 Å². The van der Waals surface area contributed by atoms with E-state index in [0.717, 1.165) is 10.4 Å². The number of amides is 1. The topological polar surface area (TPSA) is 64.0 Å². The van der Waals surface area contributed by atoms with Crippen molar-refractivity contribution in [3.63, 3.8) is 0 Å². The van der Waals surface area contributed by atoms with Crippen molar-refractivity contribution in [1.29, 1.82) is 0 Å². The molecule has 3 heterocycles. The van der Waals surface area contributed by atoms with Crippen LogP contribution < -0.4 is 10.9 Å². The molecule has 1 amide bonds. The number of nitrogens with zero attached hydrogens (tertiary/aromatic N) is 2. The molecule has 1 aromatic carbocycles. The lowest BCUT2D eigenvalue weighted by Gasteiger charge is -2.08. The lowest BCUT2D eigenvalue weighted by molar-refractivity contribution is -0.116. The first-order valence-electron chi connectivity index (χ1n) is 8.36. The molecule has 148 valence electrons. The van der Waals surface area contributed by atoms with Crippen molar-refractivity contribution in [2.75, 3.05) is 5.32 Å². The smallest absolute Gasteiger partial charge is 0.288 e. The van der Waals surface area contributed by atoms with Crippen LogP contribution in [0.2, 0.25) is 0 Å². The van der Waals surface area contributed by atoms with Crippen molar-refractivity contribution >= 4 is 56.2 Å². The number of carbonyl (C=O) groups excluding carboxylic acids is 1. The zero-order valence-electron chi connectivity index (χ0n) is 14.7. The molecule has 0 aliphatic heterocycles. The van der Waals surface area contributed by atoms with E-state index >= 15 is 0 Å². The SMILES string of the molecule is O=C(Cn1cnc2scc(-c3cccs3)c2c1=O)Nc1ccc(SC(F)F)cc1. The van der Waals surface area contributed by atoms with Crippen LogP contribution in [0, 0.1) is 0 Å². The van der Waals surface area contributed by atoms with Crippen molar-refractivity contribution < 1.29 is 13.6 Å². The third kappa shape index (κ3) is 4.39. The second kappa shape index (κ2) is 8.44. The average Bonchev–Trinajstić information content (AvgIpc) is 3.35. The van der Waals surface area contributed by atoms with Crippen molar-refractivity contribution in [3.8, 4) is 10.4 Å². The van der Waals surface area contributed by atoms with E-state index in [2.05, 4.69) is 10.3 Å². The van der Waals surface area contributed by atoms with E-state index in [1.165, 1.54) is 45.7 Å². The Balaban J connectivity index is 1.53. The first kappa shape index (κ1) is 19.7. The predicted molar refractivity (Wildman–Crippen MR) is 114 cm³/mol. The molecule has 4 rings (SSSR count). The van der Waals surface area contributed by atoms with Gasteiger partial charge in [-0.15, -0.1) is 22.7 Å². The largest absolute Gasteiger partial charge is 0.325 e. The number of halogens is 2. The second-order valence-electron chi connectivity index (χ2n) is 5.94. The number of rotatable bonds is 6. The molecule has 10 heteroatoms. The highest BCUT2D eigenvalue weighted by Crippen LogP contribution is 2.33. The highest BCUT2D eigenvalue weighted by molar-refractivity contribution is 7.99. The van der Waals surface area contributed by atoms with Crippen LogP contribution in [0.5, 0.6) is 0 Å². The van der Waals surface area contributed by atoms with E-state index in [-0.39, 0.29) is 12.1 Å². The number of fused-ring (bicyclic) bond motifs is 1. The van der Waals surface area contributed by atoms with Gasteiger partial charge in [0, 0.05) is 26.4 Å². The van der Waals surface area contributed by atoms with E-state index in [4.69, 9.17) is 0 Å². The summed E-state index contributed by atoms with van der Waals surface area (Å²) in [4.78, 5) is 31.6. The van der Waals surface area contributed by atoms with Gasteiger partial charge in [0.1, 0.15) is 11.4 Å². The Morgan fingerprint density at radius 1 is 1.21 bits per heavy atom. The number of benzene rings is 1. The number of alkyl halides is 2. The number of hydrogen-bond acceptors (Lipinski definition) is 6. The van der Waals surface area contributed by atoms with Crippen LogP contribution in [0.25, 0.3) is 20.7 Å². The van der Waals surface area contributed by atoms with Crippen LogP contribution in [0.3, 0.4) is 0 Å². The standard InChI is InChI=1S/C19H13F2N3O2S3/c20-19(21)29-12-5-3-11(4-6-12)23-15(25)8-24-10-22-17-16(18(24)26)13(9-28-17)14-2-1-7-27-14/h1-7,9-10,19H,8H2,(H,23,25). The van der Waals surface area contributed by atoms with Gasteiger partial charge in [-0.3, -0.25) is 14.2 Å². The van der Waals surface area contributed by atoms with Gasteiger partial charge >= 0.3 is 0 Å². The minimum absolute atomic E-state index is 0.199. The summed E-state index contributed by atoms with van der Waals surface area (Å²) in [5.74, 6) is -2.91. The fourth-order valence-corrected chi connectivity index (χ4v) is 4.99. The summed E-state index contributed by atoms with van der Waals surface area (Å²) in [5, 5.41) is 7.00. The van der Waals surface area contributed by atoms with Gasteiger partial charge in [0.05, 0.1) is 11.7 Å². The van der Waals surface area contributed by atoms with Crippen LogP contribution in [0.15, 0.2) is 63.2 Å². The Morgan fingerprint density at radius 2 is 2.00 bits per heavy atom. The van der Waals surface area contributed by atoms with Gasteiger partial charge in [0.2, 0.25) is 5.91 Å². The molecule has 0 atom stereocenters. The van der Waals surface area contributed by atoms with Gasteiger partial charge < -0.3 is 5.32 Å². The van der Waals surface area contributed by atoms with E-state index < -0.39 is 11.7 Å². The summed E-state index contributed by atoms with van der Waals surface area (Å²) in [6.45, 7) is -0.199. The molecule has 0 radical (unpaired) electrons. The first-order chi connectivity index (χ1) is 14.0. The third-order valence-corrected chi connectivity index (χ3v) is 6.54. The van der Waals surface area contributed by atoms with E-state index in [9.17, 15) is 18.4 Å². The number of carbonyl (C=O) groups is 1. The highest BCUT2D eigenvalue weighted by atomic mass is 32.2. The monoisotopic (exact) mass is 449 g/mol. The normalized spacial score (nSPS) is 11.3. The minimum Gasteiger partial charge on any atom is -0.325 e. The van der Waals surface area contributed by atoms with Crippen molar-refractivity contribution in [2.45, 2.75) is 17.2 Å². The predicted octanol–water partition coefficient (Wildman–Crippen LogP) is 5.14. The van der Waals surface area contributed by atoms with Crippen LogP contribution in [-0.4, -0.2) is 21.2 Å². The third-order valence-electron chi connectivity index (χ3n) is 4.02. The Morgan fingerprint density at radius 3 is 2.69 bits per heavy atom. The molecule has 0 saturated carbocycles. The van der Waals surface area contributed by atoms with Gasteiger partial charge in [-0.25, -0.2) is 4.98 Å². The molecule has 4 aromatic rings. The second-order valence-corrected chi connectivity index (χ2v) is 8.80. The molecule has 0 spiro atoms. The first-order valence-corrected chi connectivity index (χ1v) is 11.0. The molecule has 0 aliphatic carbocycles. The zero-order chi connectivity index (χ0) is 20.4. The molecule has 5 nitrogen and oxygen atoms in total. The highest BCUT2D eigenvalue weighted by Gasteiger charge is 2.15. The number of thioether (sulfide) groups is 1. The zero-order valence-corrected chi connectivity index (χ0v) is 17.1. The minimum atomic E-state index is -2.50. The molecule has 1 N–H and O–H groups in total. The van der Waals surface area contributed by atoms with E-state index in [1.54, 1.807) is 12.1 Å². The van der Waals surface area contributed by atoms with Gasteiger partial charge in [-0.05, 0) is 35.7 Å². The van der Waals surface area contributed by atoms with Crippen LogP contribution >= 0.6 is 34.4 Å². The Hall–Kier alpha value is -2.56. The fourth-order valence-electron chi connectivity index (χ4n) is 2.77. The maximum Gasteiger partial charge on any atom is 0.288 e. The molecule has 0 bridgehead atoms. The average molecular weight is 450 g/mol. The summed E-state index contributed by atoms with van der Waals surface area (Å²) >= 11 is 3.36. The summed E-state index contributed by atoms with van der Waals surface area (Å²) in [7, 11) is 0. The summed E-state index contributed by atoms with van der Waals surface area (Å²) < 4.78 is 26.0. The Bertz CT molecular complexity index is 1200. The molecule has 0 saturated heterocycles. The number of anilines is 1. The molecule has 0 aliphatic rings. The number of thiophene rings is 2. The number of hydrogen-bond donors (Lipinski definition) is 1. The molecule has 29 heavy (non-hydrogen) atoms. The summed E-state index contributed by atoms with van der Waals surface area (Å²) in [6.07, 6.45) is 1.36.